The number of ether oxygens (including phenoxy) is 1. The van der Waals surface area contributed by atoms with Crippen molar-refractivity contribution in [1.29, 1.82) is 0 Å². The molecule has 3 atom stereocenters. The number of rotatable bonds is 8. The fourth-order valence-electron chi connectivity index (χ4n) is 2.32. The molecule has 0 radical (unpaired) electrons. The van der Waals surface area contributed by atoms with Crippen LogP contribution in [0.2, 0.25) is 0 Å². The van der Waals surface area contributed by atoms with Gasteiger partial charge in [-0.1, -0.05) is 6.92 Å². The first kappa shape index (κ1) is 14.5. The van der Waals surface area contributed by atoms with Crippen molar-refractivity contribution in [1.82, 2.24) is 4.90 Å². The Bertz CT molecular complexity index is 253. The number of carbonyl (C=O) groups is 1. The molecule has 0 bridgehead atoms. The minimum atomic E-state index is -0.720. The lowest BCUT2D eigenvalue weighted by atomic mass is 9.99. The Labute approximate surface area is 104 Å². The summed E-state index contributed by atoms with van der Waals surface area (Å²) in [5.74, 6) is -0.314. The summed E-state index contributed by atoms with van der Waals surface area (Å²) in [5.41, 5.74) is 0. The average molecular weight is 243 g/mol. The van der Waals surface area contributed by atoms with Crippen LogP contribution in [0.5, 0.6) is 0 Å². The summed E-state index contributed by atoms with van der Waals surface area (Å²) in [6.07, 6.45) is 2.55. The van der Waals surface area contributed by atoms with E-state index in [0.717, 1.165) is 12.5 Å². The van der Waals surface area contributed by atoms with Gasteiger partial charge in [0.05, 0.1) is 12.5 Å². The Morgan fingerprint density at radius 3 is 2.41 bits per heavy atom. The monoisotopic (exact) mass is 243 g/mol. The second-order valence-corrected chi connectivity index (χ2v) is 5.18. The third-order valence-electron chi connectivity index (χ3n) is 4.02. The fraction of sp³-hybridized carbons (Fsp3) is 0.923. The van der Waals surface area contributed by atoms with E-state index >= 15 is 0 Å². The van der Waals surface area contributed by atoms with Gasteiger partial charge in [0.15, 0.2) is 0 Å². The molecule has 0 aromatic rings. The molecule has 100 valence electrons. The predicted octanol–water partition coefficient (Wildman–Crippen LogP) is 1.84. The summed E-state index contributed by atoms with van der Waals surface area (Å²) in [6, 6.07) is 0.514. The number of carboxylic acid groups (broad SMARTS) is 1. The molecule has 1 N–H and O–H groups in total. The van der Waals surface area contributed by atoms with E-state index in [1.54, 1.807) is 14.0 Å². The van der Waals surface area contributed by atoms with Gasteiger partial charge >= 0.3 is 5.97 Å². The van der Waals surface area contributed by atoms with E-state index < -0.39 is 5.97 Å². The van der Waals surface area contributed by atoms with E-state index in [1.165, 1.54) is 12.8 Å². The number of hydrogen-bond donors (Lipinski definition) is 1. The van der Waals surface area contributed by atoms with E-state index in [1.807, 2.05) is 6.92 Å². The number of methoxy groups -OCH3 is 1. The molecular formula is C13H25NO3. The standard InChI is InChI=1S/C13H25NO3/c1-9(13(15)16)10(2)14(7-8-17-4)11(3)12-5-6-12/h9-12H,5-8H2,1-4H3,(H,15,16). The van der Waals surface area contributed by atoms with Crippen molar-refractivity contribution in [2.24, 2.45) is 11.8 Å². The topological polar surface area (TPSA) is 49.8 Å². The summed E-state index contributed by atoms with van der Waals surface area (Å²) >= 11 is 0. The van der Waals surface area contributed by atoms with Gasteiger partial charge in [0.1, 0.15) is 0 Å². The average Bonchev–Trinajstić information content (AvgIpc) is 3.11. The normalized spacial score (nSPS) is 21.2. The fourth-order valence-corrected chi connectivity index (χ4v) is 2.32. The van der Waals surface area contributed by atoms with Crippen molar-refractivity contribution < 1.29 is 14.6 Å². The maximum Gasteiger partial charge on any atom is 0.307 e. The smallest absolute Gasteiger partial charge is 0.307 e. The molecule has 17 heavy (non-hydrogen) atoms. The summed E-state index contributed by atoms with van der Waals surface area (Å²) in [6.45, 7) is 7.47. The molecule has 1 saturated carbocycles. The quantitative estimate of drug-likeness (QED) is 0.707. The molecule has 4 nitrogen and oxygen atoms in total. The van der Waals surface area contributed by atoms with Crippen LogP contribution in [0.4, 0.5) is 0 Å². The Balaban J connectivity index is 2.62. The lowest BCUT2D eigenvalue weighted by Gasteiger charge is -2.36. The van der Waals surface area contributed by atoms with Crippen molar-refractivity contribution in [3.05, 3.63) is 0 Å². The van der Waals surface area contributed by atoms with Gasteiger partial charge in [0.25, 0.3) is 0 Å². The van der Waals surface area contributed by atoms with E-state index in [0.29, 0.717) is 12.6 Å². The van der Waals surface area contributed by atoms with Crippen molar-refractivity contribution in [3.8, 4) is 0 Å². The molecule has 0 heterocycles. The number of aliphatic carboxylic acids is 1. The number of hydrogen-bond acceptors (Lipinski definition) is 3. The second-order valence-electron chi connectivity index (χ2n) is 5.18. The lowest BCUT2D eigenvalue weighted by Crippen LogP contribution is -2.47. The molecule has 0 aliphatic heterocycles. The zero-order valence-electron chi connectivity index (χ0n) is 11.3. The van der Waals surface area contributed by atoms with E-state index in [-0.39, 0.29) is 12.0 Å². The largest absolute Gasteiger partial charge is 0.481 e. The van der Waals surface area contributed by atoms with Crippen molar-refractivity contribution in [2.75, 3.05) is 20.3 Å². The molecular weight excluding hydrogens is 218 g/mol. The zero-order valence-corrected chi connectivity index (χ0v) is 11.3. The van der Waals surface area contributed by atoms with Gasteiger partial charge in [0.2, 0.25) is 0 Å². The third-order valence-corrected chi connectivity index (χ3v) is 4.02. The number of carboxylic acids is 1. The van der Waals surface area contributed by atoms with Crippen LogP contribution in [-0.4, -0.2) is 48.3 Å². The first-order valence-corrected chi connectivity index (χ1v) is 6.46. The van der Waals surface area contributed by atoms with E-state index in [2.05, 4.69) is 11.8 Å². The van der Waals surface area contributed by atoms with Crippen LogP contribution in [0, 0.1) is 11.8 Å². The molecule has 3 unspecified atom stereocenters. The highest BCUT2D eigenvalue weighted by molar-refractivity contribution is 5.70. The molecule has 1 aliphatic carbocycles. The van der Waals surface area contributed by atoms with Crippen LogP contribution in [0.1, 0.15) is 33.6 Å². The van der Waals surface area contributed by atoms with Crippen LogP contribution in [-0.2, 0) is 9.53 Å². The molecule has 0 saturated heterocycles. The molecule has 0 aromatic heterocycles. The molecule has 1 rings (SSSR count). The summed E-state index contributed by atoms with van der Waals surface area (Å²) < 4.78 is 5.12. The van der Waals surface area contributed by atoms with Gasteiger partial charge < -0.3 is 9.84 Å². The van der Waals surface area contributed by atoms with E-state index in [9.17, 15) is 4.79 Å². The van der Waals surface area contributed by atoms with Crippen LogP contribution < -0.4 is 0 Å². The maximum atomic E-state index is 11.1. The van der Waals surface area contributed by atoms with Gasteiger partial charge in [-0.2, -0.15) is 0 Å². The third kappa shape index (κ3) is 3.96. The lowest BCUT2D eigenvalue weighted by molar-refractivity contribution is -0.143. The van der Waals surface area contributed by atoms with Gasteiger partial charge in [-0.15, -0.1) is 0 Å². The Morgan fingerprint density at radius 2 is 2.00 bits per heavy atom. The molecule has 0 aromatic carbocycles. The molecule has 4 heteroatoms. The number of nitrogens with zero attached hydrogens (tertiary/aromatic N) is 1. The Morgan fingerprint density at radius 1 is 1.41 bits per heavy atom. The molecule has 1 fully saturated rings. The van der Waals surface area contributed by atoms with Crippen molar-refractivity contribution >= 4 is 5.97 Å². The predicted molar refractivity (Wildman–Crippen MR) is 67.0 cm³/mol. The van der Waals surface area contributed by atoms with Gasteiger partial charge in [-0.3, -0.25) is 9.69 Å². The minimum Gasteiger partial charge on any atom is -0.481 e. The van der Waals surface area contributed by atoms with Gasteiger partial charge in [-0.05, 0) is 32.6 Å². The highest BCUT2D eigenvalue weighted by atomic mass is 16.5. The maximum absolute atomic E-state index is 11.1. The highest BCUT2D eigenvalue weighted by Gasteiger charge is 2.36. The Kier molecular flexibility index (Phi) is 5.40. The first-order valence-electron chi connectivity index (χ1n) is 6.46. The zero-order chi connectivity index (χ0) is 13.0. The summed E-state index contributed by atoms with van der Waals surface area (Å²) in [4.78, 5) is 13.4. The van der Waals surface area contributed by atoms with Crippen LogP contribution in [0.25, 0.3) is 0 Å². The van der Waals surface area contributed by atoms with Crippen molar-refractivity contribution in [2.45, 2.75) is 45.7 Å². The highest BCUT2D eigenvalue weighted by Crippen LogP contribution is 2.36. The van der Waals surface area contributed by atoms with Crippen LogP contribution >= 0.6 is 0 Å². The SMILES string of the molecule is COCCN(C(C)C1CC1)C(C)C(C)C(=O)O. The van der Waals surface area contributed by atoms with Gasteiger partial charge in [-0.25, -0.2) is 0 Å². The second kappa shape index (κ2) is 6.36. The molecule has 1 aliphatic rings. The van der Waals surface area contributed by atoms with Gasteiger partial charge in [0, 0.05) is 25.7 Å². The van der Waals surface area contributed by atoms with Crippen molar-refractivity contribution in [3.63, 3.8) is 0 Å². The first-order chi connectivity index (χ1) is 7.99. The van der Waals surface area contributed by atoms with Crippen LogP contribution in [0.15, 0.2) is 0 Å². The summed E-state index contributed by atoms with van der Waals surface area (Å²) in [5, 5.41) is 9.10. The molecule has 0 spiro atoms. The minimum absolute atomic E-state index is 0.0539. The van der Waals surface area contributed by atoms with Crippen LogP contribution in [0.3, 0.4) is 0 Å². The van der Waals surface area contributed by atoms with E-state index in [4.69, 9.17) is 9.84 Å². The Hall–Kier alpha value is -0.610. The molecule has 0 amide bonds. The summed E-state index contributed by atoms with van der Waals surface area (Å²) in [7, 11) is 1.69.